The highest BCUT2D eigenvalue weighted by molar-refractivity contribution is 6.01. The van der Waals surface area contributed by atoms with Gasteiger partial charge in [0.25, 0.3) is 5.56 Å². The lowest BCUT2D eigenvalue weighted by atomic mass is 10.0. The molecule has 0 aliphatic carbocycles. The fourth-order valence-electron chi connectivity index (χ4n) is 3.36. The van der Waals surface area contributed by atoms with Gasteiger partial charge in [0.15, 0.2) is 0 Å². The Kier molecular flexibility index (Phi) is 3.22. The Morgan fingerprint density at radius 2 is 2.27 bits per heavy atom. The van der Waals surface area contributed by atoms with Gasteiger partial charge in [-0.25, -0.2) is 4.98 Å². The van der Waals surface area contributed by atoms with E-state index in [0.29, 0.717) is 29.1 Å². The lowest BCUT2D eigenvalue weighted by molar-refractivity contribution is 0.173. The van der Waals surface area contributed by atoms with Crippen molar-refractivity contribution in [3.8, 4) is 0 Å². The quantitative estimate of drug-likeness (QED) is 0.790. The summed E-state index contributed by atoms with van der Waals surface area (Å²) in [5.41, 5.74) is 1.50. The van der Waals surface area contributed by atoms with E-state index >= 15 is 0 Å². The first-order valence-electron chi connectivity index (χ1n) is 7.83. The number of para-hydroxylation sites is 1. The van der Waals surface area contributed by atoms with Crippen LogP contribution < -0.4 is 5.56 Å². The molecule has 5 heteroatoms. The zero-order valence-corrected chi connectivity index (χ0v) is 12.6. The van der Waals surface area contributed by atoms with Crippen LogP contribution in [-0.2, 0) is 6.54 Å². The molecule has 0 amide bonds. The average Bonchev–Trinajstić information content (AvgIpc) is 2.87. The van der Waals surface area contributed by atoms with Crippen LogP contribution in [0.25, 0.3) is 22.1 Å². The fraction of sp³-hybridized carbons (Fsp3) is 0.412. The van der Waals surface area contributed by atoms with Crippen LogP contribution in [-0.4, -0.2) is 28.0 Å². The van der Waals surface area contributed by atoms with Crippen LogP contribution in [0.1, 0.15) is 25.6 Å². The molecule has 4 rings (SSSR count). The minimum atomic E-state index is -0.193. The third-order valence-corrected chi connectivity index (χ3v) is 4.39. The Morgan fingerprint density at radius 1 is 1.41 bits per heavy atom. The van der Waals surface area contributed by atoms with Crippen LogP contribution in [0.15, 0.2) is 33.5 Å². The number of likely N-dealkylation sites (tertiary alicyclic amines) is 1. The molecule has 5 nitrogen and oxygen atoms in total. The van der Waals surface area contributed by atoms with Gasteiger partial charge in [-0.3, -0.25) is 9.69 Å². The maximum absolute atomic E-state index is 12.3. The summed E-state index contributed by atoms with van der Waals surface area (Å²) in [6, 6.07) is 7.64. The number of aromatic amines is 1. The molecule has 0 saturated carbocycles. The first-order valence-corrected chi connectivity index (χ1v) is 7.83. The van der Waals surface area contributed by atoms with Gasteiger partial charge in [0, 0.05) is 11.9 Å². The number of fused-ring (bicyclic) bond motifs is 3. The van der Waals surface area contributed by atoms with Crippen molar-refractivity contribution in [2.24, 2.45) is 5.92 Å². The highest BCUT2D eigenvalue weighted by Crippen LogP contribution is 2.24. The van der Waals surface area contributed by atoms with E-state index in [0.717, 1.165) is 24.3 Å². The molecule has 0 radical (unpaired) electrons. The van der Waals surface area contributed by atoms with Gasteiger partial charge in [0.05, 0.1) is 6.54 Å². The summed E-state index contributed by atoms with van der Waals surface area (Å²) in [5, 5.41) is 0.900. The molecular formula is C17H19N3O2. The summed E-state index contributed by atoms with van der Waals surface area (Å²) < 4.78 is 5.63. The van der Waals surface area contributed by atoms with Crippen molar-refractivity contribution in [3.63, 3.8) is 0 Å². The molecule has 1 aromatic carbocycles. The zero-order valence-electron chi connectivity index (χ0n) is 12.6. The molecule has 1 unspecified atom stereocenters. The van der Waals surface area contributed by atoms with Gasteiger partial charge in [0.1, 0.15) is 16.9 Å². The molecular weight excluding hydrogens is 278 g/mol. The molecule has 3 heterocycles. The van der Waals surface area contributed by atoms with Gasteiger partial charge in [-0.1, -0.05) is 19.1 Å². The Bertz CT molecular complexity index is 880. The van der Waals surface area contributed by atoms with Crippen LogP contribution in [0.4, 0.5) is 0 Å². The minimum absolute atomic E-state index is 0.193. The number of piperidine rings is 1. The third kappa shape index (κ3) is 2.31. The monoisotopic (exact) mass is 297 g/mol. The number of rotatable bonds is 2. The van der Waals surface area contributed by atoms with E-state index in [2.05, 4.69) is 21.8 Å². The second-order valence-corrected chi connectivity index (χ2v) is 6.27. The second-order valence-electron chi connectivity index (χ2n) is 6.27. The second kappa shape index (κ2) is 5.25. The van der Waals surface area contributed by atoms with E-state index in [1.807, 2.05) is 24.3 Å². The molecule has 0 bridgehead atoms. The smallest absolute Gasteiger partial charge is 0.294 e. The van der Waals surface area contributed by atoms with Crippen LogP contribution in [0.5, 0.6) is 0 Å². The molecule has 1 saturated heterocycles. The summed E-state index contributed by atoms with van der Waals surface area (Å²) >= 11 is 0. The highest BCUT2D eigenvalue weighted by Gasteiger charge is 2.18. The van der Waals surface area contributed by atoms with E-state index in [1.165, 1.54) is 12.8 Å². The first kappa shape index (κ1) is 13.5. The van der Waals surface area contributed by atoms with E-state index in [1.54, 1.807) is 0 Å². The predicted octanol–water partition coefficient (Wildman–Crippen LogP) is 2.90. The molecule has 114 valence electrons. The Labute approximate surface area is 127 Å². The van der Waals surface area contributed by atoms with Gasteiger partial charge < -0.3 is 9.40 Å². The average molecular weight is 297 g/mol. The molecule has 1 fully saturated rings. The maximum atomic E-state index is 12.3. The number of H-pyrrole nitrogens is 1. The minimum Gasteiger partial charge on any atom is -0.449 e. The van der Waals surface area contributed by atoms with Gasteiger partial charge in [0.2, 0.25) is 5.58 Å². The topological polar surface area (TPSA) is 62.1 Å². The van der Waals surface area contributed by atoms with Crippen LogP contribution in [0, 0.1) is 5.92 Å². The number of nitrogens with zero attached hydrogens (tertiary/aromatic N) is 2. The summed E-state index contributed by atoms with van der Waals surface area (Å²) in [4.78, 5) is 22.2. The summed E-state index contributed by atoms with van der Waals surface area (Å²) in [6.45, 7) is 5.09. The largest absolute Gasteiger partial charge is 0.449 e. The molecule has 3 aromatic rings. The first-order chi connectivity index (χ1) is 10.7. The van der Waals surface area contributed by atoms with E-state index in [4.69, 9.17) is 4.42 Å². The number of aromatic nitrogens is 2. The fourth-order valence-corrected chi connectivity index (χ4v) is 3.36. The molecule has 1 aliphatic rings. The van der Waals surface area contributed by atoms with Crippen LogP contribution in [0.3, 0.4) is 0 Å². The highest BCUT2D eigenvalue weighted by atomic mass is 16.3. The zero-order chi connectivity index (χ0) is 15.1. The molecule has 1 aliphatic heterocycles. The van der Waals surface area contributed by atoms with E-state index in [-0.39, 0.29) is 5.56 Å². The summed E-state index contributed by atoms with van der Waals surface area (Å²) in [6.07, 6.45) is 2.49. The lowest BCUT2D eigenvalue weighted by Crippen LogP contribution is -2.34. The van der Waals surface area contributed by atoms with Crippen LogP contribution in [0.2, 0.25) is 0 Å². The van der Waals surface area contributed by atoms with E-state index < -0.39 is 0 Å². The number of nitrogens with one attached hydrogen (secondary N) is 1. The van der Waals surface area contributed by atoms with Gasteiger partial charge in [-0.15, -0.1) is 0 Å². The van der Waals surface area contributed by atoms with Crippen molar-refractivity contribution in [3.05, 3.63) is 40.4 Å². The molecule has 1 atom stereocenters. The van der Waals surface area contributed by atoms with Gasteiger partial charge in [-0.05, 0) is 37.4 Å². The van der Waals surface area contributed by atoms with E-state index in [9.17, 15) is 4.79 Å². The number of hydrogen-bond donors (Lipinski definition) is 1. The normalized spacial score (nSPS) is 20.0. The summed E-state index contributed by atoms with van der Waals surface area (Å²) in [7, 11) is 0. The molecule has 22 heavy (non-hydrogen) atoms. The number of hydrogen-bond acceptors (Lipinski definition) is 4. The van der Waals surface area contributed by atoms with Crippen molar-refractivity contribution in [1.29, 1.82) is 0 Å². The Hall–Kier alpha value is -2.14. The lowest BCUT2D eigenvalue weighted by Gasteiger charge is -2.30. The Balaban J connectivity index is 1.75. The number of furan rings is 1. The maximum Gasteiger partial charge on any atom is 0.294 e. The van der Waals surface area contributed by atoms with Crippen molar-refractivity contribution in [2.75, 3.05) is 13.1 Å². The molecule has 1 N–H and O–H groups in total. The molecule has 0 spiro atoms. The van der Waals surface area contributed by atoms with Crippen LogP contribution >= 0.6 is 0 Å². The Morgan fingerprint density at radius 3 is 3.14 bits per heavy atom. The third-order valence-electron chi connectivity index (χ3n) is 4.39. The van der Waals surface area contributed by atoms with Crippen molar-refractivity contribution in [1.82, 2.24) is 14.9 Å². The van der Waals surface area contributed by atoms with Gasteiger partial charge in [-0.2, -0.15) is 0 Å². The van der Waals surface area contributed by atoms with Crippen molar-refractivity contribution in [2.45, 2.75) is 26.3 Å². The number of benzene rings is 1. The summed E-state index contributed by atoms with van der Waals surface area (Å²) in [5.74, 6) is 1.43. The van der Waals surface area contributed by atoms with Crippen molar-refractivity contribution < 1.29 is 4.42 Å². The van der Waals surface area contributed by atoms with Gasteiger partial charge >= 0.3 is 0 Å². The standard InChI is InChI=1S/C17H19N3O2/c1-11-5-4-8-20(9-11)10-14-18-15-12-6-2-3-7-13(12)22-16(15)17(21)19-14/h2-3,6-7,11H,4-5,8-10H2,1H3,(H,18,19,21). The predicted molar refractivity (Wildman–Crippen MR) is 85.8 cm³/mol. The SMILES string of the molecule is CC1CCCN(Cc2nc3c(oc4ccccc43)c(=O)[nH]2)C1. The molecule has 2 aromatic heterocycles. The van der Waals surface area contributed by atoms with Crippen molar-refractivity contribution >= 4 is 22.1 Å².